The van der Waals surface area contributed by atoms with E-state index in [-0.39, 0.29) is 23.6 Å². The number of piperazine rings is 1. The minimum Gasteiger partial charge on any atom is -0.467 e. The Balaban J connectivity index is 0.798. The monoisotopic (exact) mass is 769 g/mol. The van der Waals surface area contributed by atoms with E-state index in [4.69, 9.17) is 16.3 Å². The number of carbonyl (C=O) groups is 4. The van der Waals surface area contributed by atoms with Gasteiger partial charge in [-0.1, -0.05) is 43.2 Å². The zero-order valence-electron chi connectivity index (χ0n) is 32.2. The Morgan fingerprint density at radius 2 is 1.55 bits per heavy atom. The second-order valence-corrected chi connectivity index (χ2v) is 17.5. The molecule has 1 saturated heterocycles. The van der Waals surface area contributed by atoms with Gasteiger partial charge in [0.25, 0.3) is 5.91 Å². The summed E-state index contributed by atoms with van der Waals surface area (Å²) in [5.41, 5.74) is 4.41. The molecular formula is C44H56ClN5O5. The van der Waals surface area contributed by atoms with E-state index in [0.29, 0.717) is 30.5 Å². The number of fused-ring (bicyclic) bond motifs is 3. The van der Waals surface area contributed by atoms with Gasteiger partial charge in [-0.2, -0.15) is 0 Å². The number of rotatable bonds is 13. The van der Waals surface area contributed by atoms with Crippen molar-refractivity contribution in [2.75, 3.05) is 52.3 Å². The van der Waals surface area contributed by atoms with Gasteiger partial charge in [0.2, 0.25) is 11.8 Å². The molecule has 5 fully saturated rings. The third-order valence-electron chi connectivity index (χ3n) is 13.6. The van der Waals surface area contributed by atoms with Gasteiger partial charge in [0, 0.05) is 67.7 Å². The number of hydrogen-bond donors (Lipinski definition) is 2. The summed E-state index contributed by atoms with van der Waals surface area (Å²) in [6.07, 6.45) is 13.6. The molecule has 3 heterocycles. The third-order valence-corrected chi connectivity index (χ3v) is 13.8. The van der Waals surface area contributed by atoms with E-state index in [0.717, 1.165) is 104 Å². The summed E-state index contributed by atoms with van der Waals surface area (Å²) >= 11 is 6.11. The van der Waals surface area contributed by atoms with Gasteiger partial charge >= 0.3 is 5.97 Å². The standard InChI is InChI=1S/C44H56ClN5O5/c1-55-43(54)37-23-35-34-8-4-5-9-36(34)47-40(35)41(50(37)39(52)28-45)32-10-12-33(13-11-32)42(53)49-18-16-48(17-19-49)15-7-3-2-6-14-46-38(51)27-44-24-29-20-30(25-44)22-31(21-29)26-44/h4-5,8-13,29-31,37,41,47H,2-3,6-7,14-28H2,1H3,(H,46,51)/t29?,30?,31?,37-,41+,44?/m1/s1. The van der Waals surface area contributed by atoms with Crippen LogP contribution in [-0.4, -0.2) is 102 Å². The first-order valence-electron chi connectivity index (χ1n) is 20.7. The maximum absolute atomic E-state index is 13.6. The molecule has 0 unspecified atom stereocenters. The molecule has 2 aromatic carbocycles. The number of nitrogens with one attached hydrogen (secondary N) is 2. The van der Waals surface area contributed by atoms with E-state index in [1.165, 1.54) is 50.5 Å². The van der Waals surface area contributed by atoms with Crippen LogP contribution in [0.15, 0.2) is 48.5 Å². The van der Waals surface area contributed by atoms with Gasteiger partial charge in [-0.05, 0) is 110 Å². The van der Waals surface area contributed by atoms with Crippen LogP contribution >= 0.6 is 11.6 Å². The Bertz CT molecular complexity index is 1850. The lowest BCUT2D eigenvalue weighted by Crippen LogP contribution is -2.52. The normalized spacial score (nSPS) is 27.3. The first-order valence-corrected chi connectivity index (χ1v) is 21.2. The summed E-state index contributed by atoms with van der Waals surface area (Å²) < 4.78 is 5.16. The van der Waals surface area contributed by atoms with Crippen LogP contribution < -0.4 is 5.32 Å². The van der Waals surface area contributed by atoms with Crippen molar-refractivity contribution in [1.82, 2.24) is 25.0 Å². The van der Waals surface area contributed by atoms with Crippen LogP contribution in [-0.2, 0) is 25.5 Å². The number of para-hydroxylation sites is 1. The highest BCUT2D eigenvalue weighted by atomic mass is 35.5. The Labute approximate surface area is 329 Å². The van der Waals surface area contributed by atoms with E-state index in [9.17, 15) is 19.2 Å². The molecule has 10 nitrogen and oxygen atoms in total. The quantitative estimate of drug-likeness (QED) is 0.117. The minimum atomic E-state index is -0.834. The summed E-state index contributed by atoms with van der Waals surface area (Å²) in [6, 6.07) is 13.9. The smallest absolute Gasteiger partial charge is 0.328 e. The van der Waals surface area contributed by atoms with Crippen molar-refractivity contribution in [3.8, 4) is 0 Å². The van der Waals surface area contributed by atoms with Crippen molar-refractivity contribution in [3.05, 3.63) is 70.9 Å². The number of benzene rings is 2. The van der Waals surface area contributed by atoms with Crippen molar-refractivity contribution < 1.29 is 23.9 Å². The molecule has 0 spiro atoms. The lowest BCUT2D eigenvalue weighted by Gasteiger charge is -2.56. The molecule has 11 heteroatoms. The van der Waals surface area contributed by atoms with Crippen LogP contribution in [0.4, 0.5) is 0 Å². The zero-order valence-corrected chi connectivity index (χ0v) is 33.0. The second kappa shape index (κ2) is 16.3. The number of nitrogens with zero attached hydrogens (tertiary/aromatic N) is 3. The molecule has 0 radical (unpaired) electrons. The van der Waals surface area contributed by atoms with Crippen LogP contribution in [0.5, 0.6) is 0 Å². The molecule has 4 bridgehead atoms. The number of methoxy groups -OCH3 is 1. The van der Waals surface area contributed by atoms with Crippen LogP contribution in [0, 0.1) is 23.2 Å². The summed E-state index contributed by atoms with van der Waals surface area (Å²) in [5.74, 6) is 1.80. The summed E-state index contributed by atoms with van der Waals surface area (Å²) in [7, 11) is 1.33. The molecule has 294 valence electrons. The highest BCUT2D eigenvalue weighted by Gasteiger charge is 2.51. The third kappa shape index (κ3) is 7.91. The molecule has 9 rings (SSSR count). The van der Waals surface area contributed by atoms with Crippen LogP contribution in [0.2, 0.25) is 0 Å². The average molecular weight is 770 g/mol. The number of aromatic nitrogens is 1. The number of hydrogen-bond acceptors (Lipinski definition) is 6. The van der Waals surface area contributed by atoms with E-state index in [1.807, 2.05) is 53.4 Å². The molecular weight excluding hydrogens is 714 g/mol. The fraction of sp³-hybridized carbons (Fsp3) is 0.591. The first-order chi connectivity index (χ1) is 26.7. The lowest BCUT2D eigenvalue weighted by atomic mass is 9.49. The summed E-state index contributed by atoms with van der Waals surface area (Å²) in [5, 5.41) is 4.25. The molecule has 55 heavy (non-hydrogen) atoms. The predicted octanol–water partition coefficient (Wildman–Crippen LogP) is 6.46. The number of H-pyrrole nitrogens is 1. The van der Waals surface area contributed by atoms with Gasteiger partial charge < -0.3 is 24.8 Å². The van der Waals surface area contributed by atoms with Gasteiger partial charge in [0.1, 0.15) is 11.9 Å². The van der Waals surface area contributed by atoms with Crippen molar-refractivity contribution in [1.29, 1.82) is 0 Å². The average Bonchev–Trinajstić information content (AvgIpc) is 3.57. The fourth-order valence-electron chi connectivity index (χ4n) is 11.4. The number of alkyl halides is 1. The molecule has 2 atom stereocenters. The molecule has 2 N–H and O–H groups in total. The summed E-state index contributed by atoms with van der Waals surface area (Å²) in [6.45, 7) is 4.86. The number of carbonyl (C=O) groups excluding carboxylic acids is 4. The molecule has 2 aliphatic heterocycles. The van der Waals surface area contributed by atoms with Gasteiger partial charge in [-0.3, -0.25) is 19.3 Å². The molecule has 3 amide bonds. The van der Waals surface area contributed by atoms with Crippen molar-refractivity contribution in [3.63, 3.8) is 0 Å². The van der Waals surface area contributed by atoms with Crippen LogP contribution in [0.3, 0.4) is 0 Å². The SMILES string of the molecule is COC(=O)[C@H]1Cc2c([nH]c3ccccc23)[C@H](c2ccc(C(=O)N3CCN(CCCCCCNC(=O)CC45CC6CC(CC(C6)C4)C5)CC3)cc2)N1C(=O)CCl. The van der Waals surface area contributed by atoms with Crippen LogP contribution in [0.25, 0.3) is 10.9 Å². The number of amides is 3. The van der Waals surface area contributed by atoms with Gasteiger partial charge in [-0.15, -0.1) is 11.6 Å². The number of unbranched alkanes of at least 4 members (excludes halogenated alkanes) is 3. The molecule has 1 aromatic heterocycles. The fourth-order valence-corrected chi connectivity index (χ4v) is 11.6. The maximum atomic E-state index is 13.6. The van der Waals surface area contributed by atoms with Crippen molar-refractivity contribution in [2.45, 2.75) is 89.1 Å². The molecule has 4 saturated carbocycles. The second-order valence-electron chi connectivity index (χ2n) is 17.3. The Kier molecular flexibility index (Phi) is 11.3. The molecule has 6 aliphatic rings. The van der Waals surface area contributed by atoms with E-state index in [1.54, 1.807) is 0 Å². The van der Waals surface area contributed by atoms with Crippen molar-refractivity contribution >= 4 is 46.2 Å². The Morgan fingerprint density at radius 3 is 2.22 bits per heavy atom. The van der Waals surface area contributed by atoms with E-state index < -0.39 is 18.1 Å². The Hall–Kier alpha value is -3.89. The molecule has 4 aliphatic carbocycles. The van der Waals surface area contributed by atoms with E-state index >= 15 is 0 Å². The lowest BCUT2D eigenvalue weighted by molar-refractivity contribution is -0.154. The maximum Gasteiger partial charge on any atom is 0.328 e. The van der Waals surface area contributed by atoms with Gasteiger partial charge in [0.05, 0.1) is 13.2 Å². The topological polar surface area (TPSA) is 115 Å². The van der Waals surface area contributed by atoms with Crippen LogP contribution in [0.1, 0.15) is 104 Å². The minimum absolute atomic E-state index is 0.00693. The summed E-state index contributed by atoms with van der Waals surface area (Å²) in [4.78, 5) is 62.3. The number of halogens is 1. The number of ether oxygens (including phenoxy) is 1. The Morgan fingerprint density at radius 1 is 0.873 bits per heavy atom. The van der Waals surface area contributed by atoms with Crippen molar-refractivity contribution in [2.24, 2.45) is 23.2 Å². The van der Waals surface area contributed by atoms with Gasteiger partial charge in [-0.25, -0.2) is 4.79 Å². The highest BCUT2D eigenvalue weighted by molar-refractivity contribution is 6.27. The zero-order chi connectivity index (χ0) is 38.1. The first kappa shape index (κ1) is 38.0. The largest absolute Gasteiger partial charge is 0.467 e. The molecule has 3 aromatic rings. The highest BCUT2D eigenvalue weighted by Crippen LogP contribution is 2.61. The predicted molar refractivity (Wildman–Crippen MR) is 213 cm³/mol. The van der Waals surface area contributed by atoms with E-state index in [2.05, 4.69) is 15.2 Å². The number of aromatic amines is 1. The van der Waals surface area contributed by atoms with Gasteiger partial charge in [0.15, 0.2) is 0 Å². The number of esters is 1.